The normalized spacial score (nSPS) is 14.8. The van der Waals surface area contributed by atoms with Crippen molar-refractivity contribution in [1.82, 2.24) is 14.9 Å². The smallest absolute Gasteiger partial charge is 0.410 e. The zero-order valence-corrected chi connectivity index (χ0v) is 15.7. The van der Waals surface area contributed by atoms with Crippen molar-refractivity contribution in [2.24, 2.45) is 0 Å². The number of anilines is 2. The van der Waals surface area contributed by atoms with Gasteiger partial charge in [0.1, 0.15) is 29.9 Å². The topological polar surface area (TPSA) is 76.6 Å². The van der Waals surface area contributed by atoms with E-state index in [0.29, 0.717) is 31.8 Å². The van der Waals surface area contributed by atoms with Gasteiger partial charge in [0.05, 0.1) is 11.8 Å². The number of aromatic nitrogens is 2. The lowest BCUT2D eigenvalue weighted by Gasteiger charge is -2.31. The molecule has 1 N–H and O–H groups in total. The lowest BCUT2D eigenvalue weighted by Crippen LogP contribution is -2.42. The quantitative estimate of drug-likeness (QED) is 0.832. The van der Waals surface area contributed by atoms with Crippen molar-refractivity contribution in [1.29, 1.82) is 0 Å². The summed E-state index contributed by atoms with van der Waals surface area (Å²) in [6, 6.07) is 4.64. The van der Waals surface area contributed by atoms with Crippen LogP contribution in [0.15, 0.2) is 30.6 Å². The third kappa shape index (κ3) is 5.28. The molecule has 1 fully saturated rings. The van der Waals surface area contributed by atoms with Crippen LogP contribution in [0.25, 0.3) is 0 Å². The number of halogens is 2. The summed E-state index contributed by atoms with van der Waals surface area (Å²) >= 11 is 0. The van der Waals surface area contributed by atoms with E-state index in [1.807, 2.05) is 13.8 Å². The second-order valence-corrected chi connectivity index (χ2v) is 6.73. The maximum absolute atomic E-state index is 13.8. The first-order chi connectivity index (χ1) is 13.4. The van der Waals surface area contributed by atoms with E-state index in [2.05, 4.69) is 15.3 Å². The summed E-state index contributed by atoms with van der Waals surface area (Å²) in [6.45, 7) is 4.68. The van der Waals surface area contributed by atoms with Gasteiger partial charge < -0.3 is 19.7 Å². The Morgan fingerprint density at radius 3 is 2.68 bits per heavy atom. The van der Waals surface area contributed by atoms with Crippen molar-refractivity contribution < 1.29 is 23.0 Å². The average Bonchev–Trinajstić information content (AvgIpc) is 2.65. The predicted octanol–water partition coefficient (Wildman–Crippen LogP) is 3.89. The van der Waals surface area contributed by atoms with Gasteiger partial charge in [-0.2, -0.15) is 0 Å². The highest BCUT2D eigenvalue weighted by molar-refractivity contribution is 5.67. The number of rotatable bonds is 5. The molecular formula is C19H22F2N4O3. The van der Waals surface area contributed by atoms with Gasteiger partial charge in [-0.25, -0.2) is 23.5 Å². The van der Waals surface area contributed by atoms with Crippen molar-refractivity contribution in [2.75, 3.05) is 18.4 Å². The highest BCUT2D eigenvalue weighted by atomic mass is 19.1. The standard InChI is InChI=1S/C19H22F2N4O3/c1-12(2)27-19(26)25-7-5-14(6-8-25)28-18-10-17(22-11-23-18)24-16-9-13(20)3-4-15(16)21/h3-4,9-12,14H,5-8H2,1-2H3,(H,22,23,24). The Labute approximate surface area is 161 Å². The molecule has 0 saturated carbocycles. The number of nitrogens with zero attached hydrogens (tertiary/aromatic N) is 3. The molecule has 2 heterocycles. The van der Waals surface area contributed by atoms with E-state index in [1.165, 1.54) is 12.4 Å². The molecule has 9 heteroatoms. The zero-order chi connectivity index (χ0) is 20.1. The second kappa shape index (κ2) is 8.81. The highest BCUT2D eigenvalue weighted by Crippen LogP contribution is 2.23. The molecular weight excluding hydrogens is 370 g/mol. The Hall–Kier alpha value is -2.97. The molecule has 150 valence electrons. The van der Waals surface area contributed by atoms with E-state index in [-0.39, 0.29) is 29.8 Å². The number of carbonyl (C=O) groups is 1. The monoisotopic (exact) mass is 392 g/mol. The second-order valence-electron chi connectivity index (χ2n) is 6.73. The van der Waals surface area contributed by atoms with Crippen LogP contribution >= 0.6 is 0 Å². The van der Waals surface area contributed by atoms with Crippen molar-refractivity contribution >= 4 is 17.6 Å². The highest BCUT2D eigenvalue weighted by Gasteiger charge is 2.25. The van der Waals surface area contributed by atoms with E-state index in [9.17, 15) is 13.6 Å². The number of piperidine rings is 1. The van der Waals surface area contributed by atoms with Crippen LogP contribution in [0.3, 0.4) is 0 Å². The van der Waals surface area contributed by atoms with Crippen molar-refractivity contribution in [3.63, 3.8) is 0 Å². The number of carbonyl (C=O) groups excluding carboxylic acids is 1. The first kappa shape index (κ1) is 19.8. The maximum atomic E-state index is 13.8. The van der Waals surface area contributed by atoms with Gasteiger partial charge in [-0.15, -0.1) is 0 Å². The van der Waals surface area contributed by atoms with Gasteiger partial charge in [0.25, 0.3) is 0 Å². The Morgan fingerprint density at radius 1 is 1.21 bits per heavy atom. The number of ether oxygens (including phenoxy) is 2. The van der Waals surface area contributed by atoms with Gasteiger partial charge in [0, 0.05) is 38.1 Å². The summed E-state index contributed by atoms with van der Waals surface area (Å²) in [5.41, 5.74) is -0.0263. The summed E-state index contributed by atoms with van der Waals surface area (Å²) in [5.74, 6) is -0.551. The predicted molar refractivity (Wildman–Crippen MR) is 98.5 cm³/mol. The van der Waals surface area contributed by atoms with Gasteiger partial charge in [0.15, 0.2) is 0 Å². The lowest BCUT2D eigenvalue weighted by atomic mass is 10.1. The number of likely N-dealkylation sites (tertiary alicyclic amines) is 1. The largest absolute Gasteiger partial charge is 0.474 e. The molecule has 2 aromatic rings. The molecule has 1 saturated heterocycles. The van der Waals surface area contributed by atoms with Gasteiger partial charge in [-0.05, 0) is 26.0 Å². The minimum atomic E-state index is -0.594. The molecule has 0 radical (unpaired) electrons. The fraction of sp³-hybridized carbons (Fsp3) is 0.421. The Bertz CT molecular complexity index is 827. The Morgan fingerprint density at radius 2 is 1.96 bits per heavy atom. The molecule has 0 unspecified atom stereocenters. The maximum Gasteiger partial charge on any atom is 0.410 e. The molecule has 1 aliphatic rings. The molecule has 1 aliphatic heterocycles. The number of hydrogen-bond acceptors (Lipinski definition) is 6. The van der Waals surface area contributed by atoms with Crippen LogP contribution in [0.4, 0.5) is 25.1 Å². The number of benzene rings is 1. The van der Waals surface area contributed by atoms with Crippen LogP contribution in [0.2, 0.25) is 0 Å². The van der Waals surface area contributed by atoms with E-state index in [4.69, 9.17) is 9.47 Å². The average molecular weight is 392 g/mol. The summed E-state index contributed by atoms with van der Waals surface area (Å²) in [7, 11) is 0. The minimum Gasteiger partial charge on any atom is -0.474 e. The molecule has 7 nitrogen and oxygen atoms in total. The van der Waals surface area contributed by atoms with Gasteiger partial charge in [0.2, 0.25) is 5.88 Å². The first-order valence-corrected chi connectivity index (χ1v) is 9.07. The molecule has 1 aromatic heterocycles. The third-order valence-electron chi connectivity index (χ3n) is 4.16. The molecule has 0 spiro atoms. The Kier molecular flexibility index (Phi) is 6.23. The first-order valence-electron chi connectivity index (χ1n) is 9.07. The number of nitrogens with one attached hydrogen (secondary N) is 1. The molecule has 1 aromatic carbocycles. The van der Waals surface area contributed by atoms with E-state index >= 15 is 0 Å². The van der Waals surface area contributed by atoms with Crippen LogP contribution in [-0.4, -0.2) is 46.3 Å². The summed E-state index contributed by atoms with van der Waals surface area (Å²) in [4.78, 5) is 21.6. The van der Waals surface area contributed by atoms with E-state index in [1.54, 1.807) is 4.90 Å². The lowest BCUT2D eigenvalue weighted by molar-refractivity contribution is 0.0507. The zero-order valence-electron chi connectivity index (χ0n) is 15.7. The van der Waals surface area contributed by atoms with Crippen molar-refractivity contribution in [3.8, 4) is 5.88 Å². The number of amides is 1. The molecule has 3 rings (SSSR count). The van der Waals surface area contributed by atoms with Gasteiger partial charge in [-0.1, -0.05) is 0 Å². The minimum absolute atomic E-state index is 0.0263. The SMILES string of the molecule is CC(C)OC(=O)N1CCC(Oc2cc(Nc3cc(F)ccc3F)ncn2)CC1. The molecule has 28 heavy (non-hydrogen) atoms. The van der Waals surface area contributed by atoms with Crippen LogP contribution < -0.4 is 10.1 Å². The van der Waals surface area contributed by atoms with Crippen molar-refractivity contribution in [2.45, 2.75) is 38.9 Å². The van der Waals surface area contributed by atoms with Crippen LogP contribution in [0.1, 0.15) is 26.7 Å². The van der Waals surface area contributed by atoms with Crippen LogP contribution in [0, 0.1) is 11.6 Å². The summed E-state index contributed by atoms with van der Waals surface area (Å²) in [6.07, 6.45) is 1.97. The summed E-state index contributed by atoms with van der Waals surface area (Å²) < 4.78 is 38.1. The van der Waals surface area contributed by atoms with E-state index in [0.717, 1.165) is 18.2 Å². The van der Waals surface area contributed by atoms with E-state index < -0.39 is 11.6 Å². The number of hydrogen-bond donors (Lipinski definition) is 1. The summed E-state index contributed by atoms with van der Waals surface area (Å²) in [5, 5.41) is 2.72. The van der Waals surface area contributed by atoms with Crippen LogP contribution in [-0.2, 0) is 4.74 Å². The third-order valence-corrected chi connectivity index (χ3v) is 4.16. The van der Waals surface area contributed by atoms with Gasteiger partial charge in [-0.3, -0.25) is 0 Å². The molecule has 0 bridgehead atoms. The van der Waals surface area contributed by atoms with Gasteiger partial charge >= 0.3 is 6.09 Å². The van der Waals surface area contributed by atoms with Crippen molar-refractivity contribution in [3.05, 3.63) is 42.2 Å². The molecule has 0 aliphatic carbocycles. The molecule has 0 atom stereocenters. The fourth-order valence-electron chi connectivity index (χ4n) is 2.81. The molecule has 1 amide bonds. The fourth-order valence-corrected chi connectivity index (χ4v) is 2.81. The van der Waals surface area contributed by atoms with Crippen LogP contribution in [0.5, 0.6) is 5.88 Å². The Balaban J connectivity index is 1.57.